The van der Waals surface area contributed by atoms with Gasteiger partial charge in [-0.3, -0.25) is 0 Å². The van der Waals surface area contributed by atoms with E-state index in [9.17, 15) is 9.50 Å². The van der Waals surface area contributed by atoms with Crippen molar-refractivity contribution in [2.45, 2.75) is 37.3 Å². The molecule has 1 aromatic carbocycles. The topological polar surface area (TPSA) is 23.5 Å². The van der Waals surface area contributed by atoms with Gasteiger partial charge in [-0.25, -0.2) is 4.39 Å². The lowest BCUT2D eigenvalue weighted by atomic mass is 9.81. The second-order valence-corrected chi connectivity index (χ2v) is 5.88. The van der Waals surface area contributed by atoms with Crippen LogP contribution in [-0.4, -0.2) is 29.1 Å². The van der Waals surface area contributed by atoms with Crippen LogP contribution in [0.4, 0.5) is 4.39 Å². The number of nitrogens with zero attached hydrogens (tertiary/aromatic N) is 1. The molecule has 98 valence electrons. The van der Waals surface area contributed by atoms with Gasteiger partial charge in [0.05, 0.1) is 5.60 Å². The number of hydrogen-bond acceptors (Lipinski definition) is 2. The Morgan fingerprint density at radius 2 is 2.22 bits per heavy atom. The highest BCUT2D eigenvalue weighted by molar-refractivity contribution is 6.30. The number of fused-ring (bicyclic) bond motifs is 1. The first kappa shape index (κ1) is 12.4. The largest absolute Gasteiger partial charge is 0.385 e. The fraction of sp³-hybridized carbons (Fsp3) is 0.571. The molecule has 1 N–H and O–H groups in total. The molecule has 4 heteroatoms. The van der Waals surface area contributed by atoms with Crippen LogP contribution < -0.4 is 0 Å². The van der Waals surface area contributed by atoms with Crippen LogP contribution in [0.25, 0.3) is 0 Å². The van der Waals surface area contributed by atoms with Crippen molar-refractivity contribution in [1.82, 2.24) is 4.90 Å². The van der Waals surface area contributed by atoms with E-state index >= 15 is 0 Å². The van der Waals surface area contributed by atoms with E-state index < -0.39 is 11.4 Å². The molecule has 2 aliphatic heterocycles. The summed E-state index contributed by atoms with van der Waals surface area (Å²) in [5.41, 5.74) is -0.626. The molecule has 0 aliphatic carbocycles. The SMILES string of the molecule is OC1(c2ccc(Cl)cc2F)CCN2CCCC2C1. The van der Waals surface area contributed by atoms with Gasteiger partial charge in [-0.15, -0.1) is 0 Å². The second-order valence-electron chi connectivity index (χ2n) is 5.44. The van der Waals surface area contributed by atoms with Crippen molar-refractivity contribution in [2.24, 2.45) is 0 Å². The van der Waals surface area contributed by atoms with E-state index in [1.54, 1.807) is 12.1 Å². The lowest BCUT2D eigenvalue weighted by Gasteiger charge is -2.41. The smallest absolute Gasteiger partial charge is 0.130 e. The molecule has 2 fully saturated rings. The van der Waals surface area contributed by atoms with E-state index in [1.165, 1.54) is 12.5 Å². The third-order valence-electron chi connectivity index (χ3n) is 4.32. The van der Waals surface area contributed by atoms with E-state index in [-0.39, 0.29) is 0 Å². The number of aliphatic hydroxyl groups is 1. The summed E-state index contributed by atoms with van der Waals surface area (Å²) >= 11 is 5.76. The summed E-state index contributed by atoms with van der Waals surface area (Å²) in [5.74, 6) is -0.392. The average Bonchev–Trinajstić information content (AvgIpc) is 2.75. The normalized spacial score (nSPS) is 32.5. The van der Waals surface area contributed by atoms with Crippen molar-refractivity contribution in [2.75, 3.05) is 13.1 Å². The molecule has 0 saturated carbocycles. The van der Waals surface area contributed by atoms with Crippen LogP contribution in [0.2, 0.25) is 5.02 Å². The Morgan fingerprint density at radius 1 is 1.39 bits per heavy atom. The van der Waals surface area contributed by atoms with Gasteiger partial charge < -0.3 is 10.0 Å². The Balaban J connectivity index is 1.90. The molecule has 3 rings (SSSR count). The highest BCUT2D eigenvalue weighted by atomic mass is 35.5. The maximum absolute atomic E-state index is 14.0. The van der Waals surface area contributed by atoms with Gasteiger partial charge in [0.25, 0.3) is 0 Å². The Kier molecular flexibility index (Phi) is 3.08. The fourth-order valence-electron chi connectivity index (χ4n) is 3.35. The first-order valence-corrected chi connectivity index (χ1v) is 6.88. The van der Waals surface area contributed by atoms with Crippen LogP contribution in [0, 0.1) is 5.82 Å². The van der Waals surface area contributed by atoms with Crippen LogP contribution in [0.15, 0.2) is 18.2 Å². The molecule has 2 atom stereocenters. The minimum Gasteiger partial charge on any atom is -0.385 e. The number of rotatable bonds is 1. The van der Waals surface area contributed by atoms with Gasteiger partial charge in [0.2, 0.25) is 0 Å². The van der Waals surface area contributed by atoms with Crippen molar-refractivity contribution in [3.05, 3.63) is 34.6 Å². The van der Waals surface area contributed by atoms with Crippen molar-refractivity contribution < 1.29 is 9.50 Å². The summed E-state index contributed by atoms with van der Waals surface area (Å²) in [4.78, 5) is 2.41. The molecule has 2 unspecified atom stereocenters. The number of piperidine rings is 1. The quantitative estimate of drug-likeness (QED) is 0.847. The molecule has 0 aromatic heterocycles. The monoisotopic (exact) mass is 269 g/mol. The molecule has 0 radical (unpaired) electrons. The number of hydrogen-bond donors (Lipinski definition) is 1. The van der Waals surface area contributed by atoms with Gasteiger partial charge in [0, 0.05) is 23.2 Å². The Hall–Kier alpha value is -0.640. The number of benzene rings is 1. The second kappa shape index (κ2) is 4.48. The van der Waals surface area contributed by atoms with Gasteiger partial charge in [-0.05, 0) is 44.4 Å². The summed E-state index contributed by atoms with van der Waals surface area (Å²) < 4.78 is 14.0. The summed E-state index contributed by atoms with van der Waals surface area (Å²) in [5, 5.41) is 11.1. The Morgan fingerprint density at radius 3 is 3.00 bits per heavy atom. The van der Waals surface area contributed by atoms with E-state index in [4.69, 9.17) is 11.6 Å². The van der Waals surface area contributed by atoms with Gasteiger partial charge >= 0.3 is 0 Å². The van der Waals surface area contributed by atoms with Crippen molar-refractivity contribution in [1.29, 1.82) is 0 Å². The van der Waals surface area contributed by atoms with Gasteiger partial charge in [-0.2, -0.15) is 0 Å². The molecule has 1 aromatic rings. The molecule has 2 aliphatic rings. The van der Waals surface area contributed by atoms with Crippen LogP contribution >= 0.6 is 11.6 Å². The third-order valence-corrected chi connectivity index (χ3v) is 4.55. The highest BCUT2D eigenvalue weighted by Gasteiger charge is 2.42. The van der Waals surface area contributed by atoms with Gasteiger partial charge in [0.15, 0.2) is 0 Å². The minimum atomic E-state index is -1.03. The Labute approximate surface area is 111 Å². The average molecular weight is 270 g/mol. The zero-order valence-corrected chi connectivity index (χ0v) is 11.0. The summed E-state index contributed by atoms with van der Waals surface area (Å²) in [7, 11) is 0. The van der Waals surface area contributed by atoms with E-state index in [0.29, 0.717) is 29.5 Å². The van der Waals surface area contributed by atoms with Crippen molar-refractivity contribution in [3.63, 3.8) is 0 Å². The van der Waals surface area contributed by atoms with E-state index in [1.807, 2.05) is 0 Å². The van der Waals surface area contributed by atoms with Gasteiger partial charge in [-0.1, -0.05) is 17.7 Å². The first-order chi connectivity index (χ1) is 8.58. The summed E-state index contributed by atoms with van der Waals surface area (Å²) in [6, 6.07) is 4.97. The standard InChI is InChI=1S/C14H17ClFNO/c15-10-3-4-12(13(16)8-10)14(18)5-7-17-6-1-2-11(17)9-14/h3-4,8,11,18H,1-2,5-7,9H2. The predicted octanol–water partition coefficient (Wildman–Crippen LogP) is 2.92. The lowest BCUT2D eigenvalue weighted by molar-refractivity contribution is -0.0432. The molecule has 2 saturated heterocycles. The lowest BCUT2D eigenvalue weighted by Crippen LogP contribution is -2.46. The maximum Gasteiger partial charge on any atom is 0.130 e. The molecular weight excluding hydrogens is 253 g/mol. The molecule has 0 bridgehead atoms. The molecule has 0 spiro atoms. The zero-order valence-electron chi connectivity index (χ0n) is 10.2. The molecular formula is C14H17ClFNO. The third kappa shape index (κ3) is 2.04. The maximum atomic E-state index is 14.0. The molecule has 18 heavy (non-hydrogen) atoms. The summed E-state index contributed by atoms with van der Waals surface area (Å²) in [6.07, 6.45) is 3.52. The summed E-state index contributed by atoms with van der Waals surface area (Å²) in [6.45, 7) is 1.97. The van der Waals surface area contributed by atoms with Crippen LogP contribution in [-0.2, 0) is 5.60 Å². The number of halogens is 2. The molecule has 2 nitrogen and oxygen atoms in total. The zero-order chi connectivity index (χ0) is 12.8. The fourth-order valence-corrected chi connectivity index (χ4v) is 3.51. The van der Waals surface area contributed by atoms with E-state index in [2.05, 4.69) is 4.90 Å². The molecule has 0 amide bonds. The van der Waals surface area contributed by atoms with Crippen molar-refractivity contribution in [3.8, 4) is 0 Å². The van der Waals surface area contributed by atoms with Crippen molar-refractivity contribution >= 4 is 11.6 Å². The van der Waals surface area contributed by atoms with Crippen LogP contribution in [0.3, 0.4) is 0 Å². The predicted molar refractivity (Wildman–Crippen MR) is 69.1 cm³/mol. The van der Waals surface area contributed by atoms with Crippen LogP contribution in [0.1, 0.15) is 31.2 Å². The first-order valence-electron chi connectivity index (χ1n) is 6.50. The highest BCUT2D eigenvalue weighted by Crippen LogP contribution is 2.40. The van der Waals surface area contributed by atoms with Gasteiger partial charge in [0.1, 0.15) is 5.82 Å². The minimum absolute atomic E-state index is 0.373. The Bertz CT molecular complexity index is 467. The molecule has 2 heterocycles. The van der Waals surface area contributed by atoms with E-state index in [0.717, 1.165) is 19.5 Å². The van der Waals surface area contributed by atoms with Crippen LogP contribution in [0.5, 0.6) is 0 Å².